The Labute approximate surface area is 247 Å². The van der Waals surface area contributed by atoms with Gasteiger partial charge in [0.05, 0.1) is 32.5 Å². The van der Waals surface area contributed by atoms with Gasteiger partial charge in [0.15, 0.2) is 18.3 Å². The Morgan fingerprint density at radius 1 is 1.32 bits per heavy atom. The van der Waals surface area contributed by atoms with E-state index in [9.17, 15) is 9.59 Å². The normalized spacial score (nSPS) is 14.8. The summed E-state index contributed by atoms with van der Waals surface area (Å²) in [6.45, 7) is 3.31. The van der Waals surface area contributed by atoms with Crippen LogP contribution in [-0.4, -0.2) is 43.0 Å². The maximum Gasteiger partial charge on any atom is 0.338 e. The summed E-state index contributed by atoms with van der Waals surface area (Å²) in [7, 11) is 0. The van der Waals surface area contributed by atoms with E-state index in [-0.39, 0.29) is 19.8 Å². The highest BCUT2D eigenvalue weighted by Gasteiger charge is 2.32. The SMILES string of the molecule is CCOC(=O)C1=C(C)NC(=S)N[C@@H]1c1ccccc1OCC(=O)NN=Cc1cc(Br)c(OCC#N)c(I)c1. The molecular formula is C25H23BrIN5O5S. The molecule has 10 nitrogen and oxygen atoms in total. The number of thiocarbonyl (C=S) groups is 1. The summed E-state index contributed by atoms with van der Waals surface area (Å²) in [6, 6.07) is 11.9. The Balaban J connectivity index is 1.68. The lowest BCUT2D eigenvalue weighted by Gasteiger charge is -2.30. The second-order valence-electron chi connectivity index (χ2n) is 7.67. The van der Waals surface area contributed by atoms with Crippen molar-refractivity contribution in [1.82, 2.24) is 16.1 Å². The Morgan fingerprint density at radius 3 is 2.79 bits per heavy atom. The molecule has 38 heavy (non-hydrogen) atoms. The standard InChI is InChI=1S/C25H23BrIN5O5S/c1-3-35-24(34)21-14(2)30-25(38)31-22(21)16-6-4-5-7-19(16)37-13-20(33)32-29-12-15-10-17(26)23(18(27)11-15)36-9-8-28/h4-7,10-12,22H,3,9,13H2,1-2H3,(H,32,33)(H2,30,31,38)/t22-/m1/s1. The lowest BCUT2D eigenvalue weighted by Crippen LogP contribution is -2.45. The summed E-state index contributed by atoms with van der Waals surface area (Å²) in [5, 5.41) is 19.1. The van der Waals surface area contributed by atoms with E-state index in [1.165, 1.54) is 6.21 Å². The van der Waals surface area contributed by atoms with Crippen molar-refractivity contribution >= 4 is 73.9 Å². The molecule has 1 amide bonds. The van der Waals surface area contributed by atoms with Crippen molar-refractivity contribution in [2.24, 2.45) is 5.10 Å². The number of amides is 1. The van der Waals surface area contributed by atoms with Crippen LogP contribution < -0.4 is 25.5 Å². The lowest BCUT2D eigenvalue weighted by molar-refractivity contribution is -0.139. The van der Waals surface area contributed by atoms with Crippen molar-refractivity contribution in [1.29, 1.82) is 5.26 Å². The average Bonchev–Trinajstić information content (AvgIpc) is 2.87. The maximum atomic E-state index is 12.7. The van der Waals surface area contributed by atoms with Crippen molar-refractivity contribution in [2.75, 3.05) is 19.8 Å². The number of benzene rings is 2. The van der Waals surface area contributed by atoms with Gasteiger partial charge in [0.2, 0.25) is 0 Å². The van der Waals surface area contributed by atoms with Crippen molar-refractivity contribution in [3.63, 3.8) is 0 Å². The van der Waals surface area contributed by atoms with E-state index in [0.717, 1.165) is 3.57 Å². The number of nitriles is 1. The molecule has 0 spiro atoms. The van der Waals surface area contributed by atoms with Gasteiger partial charge in [-0.15, -0.1) is 0 Å². The fraction of sp³-hybridized carbons (Fsp3) is 0.240. The minimum Gasteiger partial charge on any atom is -0.483 e. The second kappa shape index (κ2) is 14.1. The van der Waals surface area contributed by atoms with Crippen LogP contribution in [0.4, 0.5) is 0 Å². The molecule has 13 heteroatoms. The Hall–Kier alpha value is -3.22. The van der Waals surface area contributed by atoms with Crippen molar-refractivity contribution < 1.29 is 23.8 Å². The Bertz CT molecular complexity index is 1320. The zero-order valence-corrected chi connectivity index (χ0v) is 24.9. The number of nitrogens with one attached hydrogen (secondary N) is 3. The van der Waals surface area contributed by atoms with Gasteiger partial charge in [-0.05, 0) is 88.3 Å². The van der Waals surface area contributed by atoms with Gasteiger partial charge < -0.3 is 24.8 Å². The van der Waals surface area contributed by atoms with Crippen LogP contribution in [0, 0.1) is 14.9 Å². The van der Waals surface area contributed by atoms with Crippen LogP contribution in [0.5, 0.6) is 11.5 Å². The Kier molecular flexibility index (Phi) is 10.9. The summed E-state index contributed by atoms with van der Waals surface area (Å²) in [4.78, 5) is 25.1. The van der Waals surface area contributed by atoms with E-state index in [1.54, 1.807) is 50.2 Å². The molecule has 0 fully saturated rings. The molecule has 3 rings (SSSR count). The summed E-state index contributed by atoms with van der Waals surface area (Å²) in [6.07, 6.45) is 1.48. The molecular weight excluding hydrogens is 689 g/mol. The van der Waals surface area contributed by atoms with Gasteiger partial charge in [-0.3, -0.25) is 4.79 Å². The summed E-state index contributed by atoms with van der Waals surface area (Å²) in [5.41, 5.74) is 4.70. The third-order valence-corrected chi connectivity index (χ3v) is 6.67. The van der Waals surface area contributed by atoms with Crippen LogP contribution >= 0.6 is 50.7 Å². The quantitative estimate of drug-likeness (QED) is 0.111. The van der Waals surface area contributed by atoms with Crippen LogP contribution in [0.15, 0.2) is 57.2 Å². The highest BCUT2D eigenvalue weighted by molar-refractivity contribution is 14.1. The molecule has 1 aliphatic heterocycles. The minimum absolute atomic E-state index is 0.0678. The number of hydrazone groups is 1. The van der Waals surface area contributed by atoms with Gasteiger partial charge >= 0.3 is 5.97 Å². The van der Waals surface area contributed by atoms with E-state index in [4.69, 9.17) is 31.7 Å². The van der Waals surface area contributed by atoms with Gasteiger partial charge in [-0.25, -0.2) is 10.2 Å². The topological polar surface area (TPSA) is 134 Å². The zero-order chi connectivity index (χ0) is 27.7. The molecule has 1 atom stereocenters. The first-order valence-corrected chi connectivity index (χ1v) is 13.5. The molecule has 0 saturated heterocycles. The van der Waals surface area contributed by atoms with Crippen molar-refractivity contribution in [3.05, 3.63) is 66.8 Å². The number of halogens is 2. The third kappa shape index (κ3) is 7.65. The second-order valence-corrected chi connectivity index (χ2v) is 10.1. The number of hydrogen-bond acceptors (Lipinski definition) is 8. The molecule has 0 saturated carbocycles. The smallest absolute Gasteiger partial charge is 0.338 e. The van der Waals surface area contributed by atoms with Crippen molar-refractivity contribution in [2.45, 2.75) is 19.9 Å². The largest absolute Gasteiger partial charge is 0.483 e. The highest BCUT2D eigenvalue weighted by Crippen LogP contribution is 2.34. The average molecular weight is 712 g/mol. The fourth-order valence-corrected chi connectivity index (χ4v) is 5.55. The first kappa shape index (κ1) is 29.3. The number of hydrogen-bond donors (Lipinski definition) is 3. The van der Waals surface area contributed by atoms with Crippen molar-refractivity contribution in [3.8, 4) is 17.6 Å². The summed E-state index contributed by atoms with van der Waals surface area (Å²) in [5.74, 6) is -0.00863. The number of allylic oxidation sites excluding steroid dienone is 1. The first-order valence-electron chi connectivity index (χ1n) is 11.2. The molecule has 1 aliphatic rings. The molecule has 0 radical (unpaired) electrons. The van der Waals surface area contributed by atoms with Gasteiger partial charge in [-0.1, -0.05) is 18.2 Å². The van der Waals surface area contributed by atoms with Gasteiger partial charge in [0, 0.05) is 11.3 Å². The highest BCUT2D eigenvalue weighted by atomic mass is 127. The molecule has 1 heterocycles. The monoisotopic (exact) mass is 711 g/mol. The number of nitrogens with zero attached hydrogens (tertiary/aromatic N) is 2. The number of ether oxygens (including phenoxy) is 3. The van der Waals surface area contributed by atoms with Gasteiger partial charge in [-0.2, -0.15) is 10.4 Å². The molecule has 0 unspecified atom stereocenters. The number of carbonyl (C=O) groups is 2. The van der Waals surface area contributed by atoms with Gasteiger partial charge in [0.1, 0.15) is 17.6 Å². The van der Waals surface area contributed by atoms with E-state index in [0.29, 0.717) is 43.5 Å². The first-order chi connectivity index (χ1) is 18.2. The third-order valence-electron chi connectivity index (χ3n) is 5.06. The van der Waals surface area contributed by atoms with Crippen LogP contribution in [0.2, 0.25) is 0 Å². The number of esters is 1. The molecule has 2 aromatic rings. The van der Waals surface area contributed by atoms with Crippen LogP contribution in [0.3, 0.4) is 0 Å². The zero-order valence-electron chi connectivity index (χ0n) is 20.3. The maximum absolute atomic E-state index is 12.7. The Morgan fingerprint density at radius 2 is 2.08 bits per heavy atom. The fourth-order valence-electron chi connectivity index (χ4n) is 3.51. The number of rotatable bonds is 10. The van der Waals surface area contributed by atoms with E-state index in [1.807, 2.05) is 6.07 Å². The van der Waals surface area contributed by atoms with Crippen LogP contribution in [0.1, 0.15) is 31.0 Å². The number of carbonyl (C=O) groups excluding carboxylic acids is 2. The molecule has 0 aliphatic carbocycles. The van der Waals surface area contributed by atoms with Gasteiger partial charge in [0.25, 0.3) is 5.91 Å². The van der Waals surface area contributed by atoms with E-state index in [2.05, 4.69) is 59.7 Å². The molecule has 0 aromatic heterocycles. The van der Waals surface area contributed by atoms with Crippen LogP contribution in [-0.2, 0) is 14.3 Å². The summed E-state index contributed by atoms with van der Waals surface area (Å²) < 4.78 is 17.8. The molecule has 0 bridgehead atoms. The molecule has 3 N–H and O–H groups in total. The van der Waals surface area contributed by atoms with Crippen LogP contribution in [0.25, 0.3) is 0 Å². The minimum atomic E-state index is -0.624. The molecule has 198 valence electrons. The van der Waals surface area contributed by atoms with E-state index < -0.39 is 17.9 Å². The predicted octanol–water partition coefficient (Wildman–Crippen LogP) is 3.84. The molecule has 2 aromatic carbocycles. The summed E-state index contributed by atoms with van der Waals surface area (Å²) >= 11 is 10.8. The number of para-hydroxylation sites is 1. The predicted molar refractivity (Wildman–Crippen MR) is 157 cm³/mol. The van der Waals surface area contributed by atoms with E-state index >= 15 is 0 Å². The lowest BCUT2D eigenvalue weighted by atomic mass is 9.95.